The molecule has 1 aromatic heterocycles. The predicted octanol–water partition coefficient (Wildman–Crippen LogP) is 2.57. The number of pyridine rings is 1. The van der Waals surface area contributed by atoms with Crippen molar-refractivity contribution in [1.29, 1.82) is 0 Å². The van der Waals surface area contributed by atoms with Crippen LogP contribution >= 0.6 is 0 Å². The zero-order chi connectivity index (χ0) is 24.8. The van der Waals surface area contributed by atoms with Crippen LogP contribution in [0.1, 0.15) is 45.3 Å². The molecule has 182 valence electrons. The molecule has 2 amide bonds. The number of halogens is 1. The minimum Gasteiger partial charge on any atom is -0.483 e. The lowest BCUT2D eigenvalue weighted by molar-refractivity contribution is 0.0873. The second-order valence-corrected chi connectivity index (χ2v) is 8.27. The Labute approximate surface area is 202 Å². The molecule has 1 aliphatic rings. The molecule has 2 aromatic carbocycles. The Balaban J connectivity index is 1.65. The van der Waals surface area contributed by atoms with Gasteiger partial charge < -0.3 is 19.9 Å². The number of carbonyl (C=O) groups is 2. The quantitative estimate of drug-likeness (QED) is 0.439. The van der Waals surface area contributed by atoms with Gasteiger partial charge in [-0.05, 0) is 36.2 Å². The van der Waals surface area contributed by atoms with Gasteiger partial charge in [0.15, 0.2) is 11.4 Å². The Morgan fingerprint density at radius 3 is 2.57 bits per heavy atom. The summed E-state index contributed by atoms with van der Waals surface area (Å²) in [4.78, 5) is 39.2. The Kier molecular flexibility index (Phi) is 7.57. The van der Waals surface area contributed by atoms with Gasteiger partial charge in [-0.2, -0.15) is 0 Å². The van der Waals surface area contributed by atoms with E-state index in [1.54, 1.807) is 16.7 Å². The van der Waals surface area contributed by atoms with Gasteiger partial charge in [0.05, 0.1) is 12.7 Å². The number of rotatable bonds is 9. The van der Waals surface area contributed by atoms with Crippen LogP contribution in [0.25, 0.3) is 0 Å². The lowest BCUT2D eigenvalue weighted by Gasteiger charge is -2.29. The van der Waals surface area contributed by atoms with Gasteiger partial charge in [-0.1, -0.05) is 49.4 Å². The molecule has 1 atom stereocenters. The van der Waals surface area contributed by atoms with Gasteiger partial charge in [0.25, 0.3) is 11.8 Å². The molecule has 2 heterocycles. The number of nitrogens with zero attached hydrogens (tertiary/aromatic N) is 1. The number of ether oxygens (including phenoxy) is 1. The molecule has 9 heteroatoms. The summed E-state index contributed by atoms with van der Waals surface area (Å²) < 4.78 is 20.6. The number of hydrogen-bond acceptors (Lipinski definition) is 5. The third-order valence-electron chi connectivity index (χ3n) is 5.62. The zero-order valence-corrected chi connectivity index (χ0v) is 19.3. The molecule has 0 saturated heterocycles. The highest BCUT2D eigenvalue weighted by Crippen LogP contribution is 2.20. The molecule has 8 nitrogen and oxygen atoms in total. The highest BCUT2D eigenvalue weighted by atomic mass is 19.1. The molecular formula is C26H27FN4O4. The van der Waals surface area contributed by atoms with Crippen molar-refractivity contribution in [2.45, 2.75) is 39.2 Å². The summed E-state index contributed by atoms with van der Waals surface area (Å²) in [5.74, 6) is -1.61. The van der Waals surface area contributed by atoms with Crippen molar-refractivity contribution in [2.75, 3.05) is 6.54 Å². The highest BCUT2D eigenvalue weighted by Gasteiger charge is 2.31. The molecule has 35 heavy (non-hydrogen) atoms. The molecule has 3 aromatic rings. The van der Waals surface area contributed by atoms with Crippen LogP contribution in [0.15, 0.2) is 65.6 Å². The molecule has 0 spiro atoms. The highest BCUT2D eigenvalue weighted by molar-refractivity contribution is 5.99. The number of amides is 2. The van der Waals surface area contributed by atoms with Crippen LogP contribution < -0.4 is 26.1 Å². The summed E-state index contributed by atoms with van der Waals surface area (Å²) in [6.45, 7) is 3.21. The first kappa shape index (κ1) is 24.2. The number of carbonyl (C=O) groups excluding carboxylic acids is 2. The summed E-state index contributed by atoms with van der Waals surface area (Å²) >= 11 is 0. The first-order valence-electron chi connectivity index (χ1n) is 11.5. The summed E-state index contributed by atoms with van der Waals surface area (Å²) in [5.41, 5.74) is 0.773. The van der Waals surface area contributed by atoms with E-state index in [2.05, 4.69) is 16.0 Å². The molecule has 3 N–H and O–H groups in total. The SMILES string of the molecule is CCCNC1Cn2cc(C(=O)NCc3ccc(F)cc3)c(=O)c(OCc3ccccc3)c2C(=O)N1. The fourth-order valence-electron chi connectivity index (χ4n) is 3.83. The lowest BCUT2D eigenvalue weighted by Crippen LogP contribution is -2.53. The maximum absolute atomic E-state index is 13.3. The van der Waals surface area contributed by atoms with Crippen molar-refractivity contribution < 1.29 is 18.7 Å². The van der Waals surface area contributed by atoms with E-state index in [0.29, 0.717) is 18.7 Å². The van der Waals surface area contributed by atoms with E-state index in [0.717, 1.165) is 12.0 Å². The third-order valence-corrected chi connectivity index (χ3v) is 5.62. The average Bonchev–Trinajstić information content (AvgIpc) is 2.87. The minimum absolute atomic E-state index is 0.0640. The van der Waals surface area contributed by atoms with Gasteiger partial charge in [0.1, 0.15) is 18.0 Å². The molecule has 0 saturated carbocycles. The fourth-order valence-corrected chi connectivity index (χ4v) is 3.83. The molecule has 4 rings (SSSR count). The fraction of sp³-hybridized carbons (Fsp3) is 0.269. The van der Waals surface area contributed by atoms with Gasteiger partial charge in [0.2, 0.25) is 5.43 Å². The summed E-state index contributed by atoms with van der Waals surface area (Å²) in [5, 5.41) is 8.78. The molecule has 0 bridgehead atoms. The van der Waals surface area contributed by atoms with Gasteiger partial charge >= 0.3 is 0 Å². The van der Waals surface area contributed by atoms with Crippen LogP contribution in [0, 0.1) is 5.82 Å². The van der Waals surface area contributed by atoms with Gasteiger partial charge in [-0.3, -0.25) is 19.7 Å². The summed E-state index contributed by atoms with van der Waals surface area (Å²) in [6, 6.07) is 14.9. The number of benzene rings is 2. The molecule has 0 fully saturated rings. The lowest BCUT2D eigenvalue weighted by atomic mass is 10.1. The normalized spacial score (nSPS) is 14.7. The Morgan fingerprint density at radius 2 is 1.86 bits per heavy atom. The van der Waals surface area contributed by atoms with E-state index in [4.69, 9.17) is 4.74 Å². The van der Waals surface area contributed by atoms with Gasteiger partial charge in [-0.25, -0.2) is 4.39 Å². The second kappa shape index (κ2) is 11.0. The van der Waals surface area contributed by atoms with Crippen molar-refractivity contribution in [1.82, 2.24) is 20.5 Å². The maximum Gasteiger partial charge on any atom is 0.273 e. The first-order chi connectivity index (χ1) is 17.0. The first-order valence-corrected chi connectivity index (χ1v) is 11.5. The standard InChI is InChI=1S/C26H27FN4O4/c1-2-12-28-21-15-31-14-20(25(33)29-13-17-8-10-19(27)11-9-17)23(32)24(22(31)26(34)30-21)35-16-18-6-4-3-5-7-18/h3-11,14,21,28H,2,12-13,15-16H2,1H3,(H,29,33)(H,30,34). The third kappa shape index (κ3) is 5.75. The second-order valence-electron chi connectivity index (χ2n) is 8.27. The van der Waals surface area contributed by atoms with E-state index in [9.17, 15) is 18.8 Å². The van der Waals surface area contributed by atoms with E-state index in [1.807, 2.05) is 37.3 Å². The predicted molar refractivity (Wildman–Crippen MR) is 129 cm³/mol. The number of nitrogens with one attached hydrogen (secondary N) is 3. The van der Waals surface area contributed by atoms with E-state index in [1.165, 1.54) is 18.3 Å². The van der Waals surface area contributed by atoms with E-state index < -0.39 is 17.2 Å². The van der Waals surface area contributed by atoms with Crippen molar-refractivity contribution in [3.05, 3.63) is 99.2 Å². The Hall–Kier alpha value is -3.98. The largest absolute Gasteiger partial charge is 0.483 e. The van der Waals surface area contributed by atoms with Crippen LogP contribution in [0.2, 0.25) is 0 Å². The van der Waals surface area contributed by atoms with Crippen LogP contribution in [-0.4, -0.2) is 29.1 Å². The maximum atomic E-state index is 13.3. The van der Waals surface area contributed by atoms with Crippen LogP contribution in [-0.2, 0) is 19.7 Å². The molecular weight excluding hydrogens is 451 g/mol. The minimum atomic E-state index is -0.668. The Bertz CT molecular complexity index is 1260. The van der Waals surface area contributed by atoms with Gasteiger partial charge in [0, 0.05) is 12.7 Å². The van der Waals surface area contributed by atoms with Crippen LogP contribution in [0.5, 0.6) is 5.75 Å². The van der Waals surface area contributed by atoms with Crippen LogP contribution in [0.4, 0.5) is 4.39 Å². The molecule has 0 radical (unpaired) electrons. The molecule has 0 aliphatic carbocycles. The smallest absolute Gasteiger partial charge is 0.273 e. The summed E-state index contributed by atoms with van der Waals surface area (Å²) in [7, 11) is 0. The number of hydrogen-bond donors (Lipinski definition) is 3. The van der Waals surface area contributed by atoms with E-state index in [-0.39, 0.29) is 42.1 Å². The van der Waals surface area contributed by atoms with Crippen molar-refractivity contribution in [3.63, 3.8) is 0 Å². The monoisotopic (exact) mass is 478 g/mol. The van der Waals surface area contributed by atoms with Crippen molar-refractivity contribution >= 4 is 11.8 Å². The average molecular weight is 479 g/mol. The zero-order valence-electron chi connectivity index (χ0n) is 19.3. The molecule has 1 aliphatic heterocycles. The van der Waals surface area contributed by atoms with Crippen molar-refractivity contribution in [3.8, 4) is 5.75 Å². The molecule has 1 unspecified atom stereocenters. The van der Waals surface area contributed by atoms with Crippen LogP contribution in [0.3, 0.4) is 0 Å². The van der Waals surface area contributed by atoms with Gasteiger partial charge in [-0.15, -0.1) is 0 Å². The Morgan fingerprint density at radius 1 is 1.11 bits per heavy atom. The topological polar surface area (TPSA) is 101 Å². The summed E-state index contributed by atoms with van der Waals surface area (Å²) in [6.07, 6.45) is 1.92. The number of aromatic nitrogens is 1. The van der Waals surface area contributed by atoms with Crippen molar-refractivity contribution in [2.24, 2.45) is 0 Å². The number of fused-ring (bicyclic) bond motifs is 1. The van der Waals surface area contributed by atoms with E-state index >= 15 is 0 Å².